The number of nitrogens with one attached hydrogen (secondary N) is 1. The van der Waals surface area contributed by atoms with E-state index in [2.05, 4.69) is 4.72 Å². The van der Waals surface area contributed by atoms with E-state index in [0.29, 0.717) is 11.6 Å². The maximum absolute atomic E-state index is 12.0. The number of benzene rings is 2. The first-order chi connectivity index (χ1) is 10.1. The van der Waals surface area contributed by atoms with Gasteiger partial charge in [-0.25, -0.2) is 13.1 Å². The average molecular weight is 342 g/mol. The molecular weight excluding hydrogens is 326 g/mol. The van der Waals surface area contributed by atoms with Crippen LogP contribution >= 0.6 is 23.4 Å². The summed E-state index contributed by atoms with van der Waals surface area (Å²) in [6.07, 6.45) is 0.763. The summed E-state index contributed by atoms with van der Waals surface area (Å²) in [5.41, 5.74) is 0. The molecule has 0 bridgehead atoms. The molecule has 0 saturated carbocycles. The van der Waals surface area contributed by atoms with Gasteiger partial charge in [0.15, 0.2) is 0 Å². The predicted molar refractivity (Wildman–Crippen MR) is 88.4 cm³/mol. The number of thioether (sulfide) groups is 1. The van der Waals surface area contributed by atoms with Crippen molar-refractivity contribution in [2.24, 2.45) is 0 Å². The lowest BCUT2D eigenvalue weighted by Crippen LogP contribution is -2.25. The fraction of sp³-hybridized carbons (Fsp3) is 0.200. The first kappa shape index (κ1) is 16.4. The van der Waals surface area contributed by atoms with Crippen LogP contribution in [0, 0.1) is 0 Å². The summed E-state index contributed by atoms with van der Waals surface area (Å²) in [6.45, 7) is 0.411. The number of rotatable bonds is 7. The van der Waals surface area contributed by atoms with Crippen molar-refractivity contribution in [1.82, 2.24) is 4.72 Å². The fourth-order valence-electron chi connectivity index (χ4n) is 1.70. The van der Waals surface area contributed by atoms with Crippen LogP contribution in [-0.4, -0.2) is 20.7 Å². The minimum Gasteiger partial charge on any atom is -0.211 e. The van der Waals surface area contributed by atoms with Crippen LogP contribution in [0.3, 0.4) is 0 Å². The van der Waals surface area contributed by atoms with Crippen molar-refractivity contribution in [2.75, 3.05) is 12.3 Å². The van der Waals surface area contributed by atoms with Gasteiger partial charge in [0, 0.05) is 16.5 Å². The summed E-state index contributed by atoms with van der Waals surface area (Å²) in [5.74, 6) is 0.863. The zero-order valence-electron chi connectivity index (χ0n) is 11.3. The molecule has 0 amide bonds. The highest BCUT2D eigenvalue weighted by molar-refractivity contribution is 7.99. The Labute approximate surface area is 134 Å². The van der Waals surface area contributed by atoms with Crippen LogP contribution in [0.25, 0.3) is 0 Å². The SMILES string of the molecule is O=S(=O)(NCCCSc1ccccc1)c1cccc(Cl)c1. The van der Waals surface area contributed by atoms with Crippen molar-refractivity contribution in [3.8, 4) is 0 Å². The van der Waals surface area contributed by atoms with Gasteiger partial charge in [-0.3, -0.25) is 0 Å². The van der Waals surface area contributed by atoms with Gasteiger partial charge in [0.1, 0.15) is 0 Å². The minimum absolute atomic E-state index is 0.200. The Bertz CT molecular complexity index is 675. The van der Waals surface area contributed by atoms with Gasteiger partial charge in [-0.1, -0.05) is 35.9 Å². The molecular formula is C15H16ClNO2S2. The highest BCUT2D eigenvalue weighted by Gasteiger charge is 2.13. The molecule has 2 aromatic carbocycles. The number of hydrogen-bond acceptors (Lipinski definition) is 3. The average Bonchev–Trinajstić information content (AvgIpc) is 2.48. The van der Waals surface area contributed by atoms with E-state index in [1.807, 2.05) is 30.3 Å². The van der Waals surface area contributed by atoms with Gasteiger partial charge < -0.3 is 0 Å². The van der Waals surface area contributed by atoms with Gasteiger partial charge in [0.25, 0.3) is 0 Å². The molecule has 0 unspecified atom stereocenters. The van der Waals surface area contributed by atoms with E-state index in [9.17, 15) is 8.42 Å². The van der Waals surface area contributed by atoms with Crippen LogP contribution in [0.5, 0.6) is 0 Å². The summed E-state index contributed by atoms with van der Waals surface area (Å²) < 4.78 is 26.7. The molecule has 0 fully saturated rings. The third-order valence-electron chi connectivity index (χ3n) is 2.73. The highest BCUT2D eigenvalue weighted by Crippen LogP contribution is 2.18. The molecule has 0 atom stereocenters. The molecule has 21 heavy (non-hydrogen) atoms. The normalized spacial score (nSPS) is 11.5. The van der Waals surface area contributed by atoms with Gasteiger partial charge in [-0.2, -0.15) is 0 Å². The molecule has 0 aromatic heterocycles. The van der Waals surface area contributed by atoms with E-state index >= 15 is 0 Å². The molecule has 0 spiro atoms. The van der Waals surface area contributed by atoms with Crippen LogP contribution in [0.4, 0.5) is 0 Å². The summed E-state index contributed by atoms with van der Waals surface area (Å²) in [4.78, 5) is 1.39. The maximum Gasteiger partial charge on any atom is 0.240 e. The Kier molecular flexibility index (Phi) is 6.11. The van der Waals surface area contributed by atoms with Gasteiger partial charge in [0.05, 0.1) is 4.90 Å². The number of hydrogen-bond donors (Lipinski definition) is 1. The molecule has 0 radical (unpaired) electrons. The molecule has 2 aromatic rings. The van der Waals surface area contributed by atoms with Crippen molar-refractivity contribution < 1.29 is 8.42 Å². The number of sulfonamides is 1. The summed E-state index contributed by atoms with van der Waals surface area (Å²) in [5, 5.41) is 0.414. The molecule has 6 heteroatoms. The van der Waals surface area contributed by atoms with Crippen LogP contribution in [-0.2, 0) is 10.0 Å². The first-order valence-corrected chi connectivity index (χ1v) is 9.36. The Morgan fingerprint density at radius 1 is 1.05 bits per heavy atom. The molecule has 0 aliphatic carbocycles. The molecule has 2 rings (SSSR count). The van der Waals surface area contributed by atoms with Crippen molar-refractivity contribution in [1.29, 1.82) is 0 Å². The molecule has 3 nitrogen and oxygen atoms in total. The molecule has 112 valence electrons. The van der Waals surface area contributed by atoms with Gasteiger partial charge in [0.2, 0.25) is 10.0 Å². The standard InChI is InChI=1S/C15H16ClNO2S2/c16-13-6-4-9-15(12-13)21(18,19)17-10-5-11-20-14-7-2-1-3-8-14/h1-4,6-9,12,17H,5,10-11H2. The molecule has 0 heterocycles. The summed E-state index contributed by atoms with van der Waals surface area (Å²) in [7, 11) is -3.47. The van der Waals surface area contributed by atoms with E-state index in [1.54, 1.807) is 23.9 Å². The molecule has 0 aliphatic heterocycles. The Balaban J connectivity index is 1.78. The monoisotopic (exact) mass is 341 g/mol. The van der Waals surface area contributed by atoms with E-state index in [1.165, 1.54) is 17.0 Å². The second kappa shape index (κ2) is 7.84. The lowest BCUT2D eigenvalue weighted by molar-refractivity contribution is 0.581. The zero-order valence-corrected chi connectivity index (χ0v) is 13.7. The largest absolute Gasteiger partial charge is 0.240 e. The third-order valence-corrected chi connectivity index (χ3v) is 5.52. The Hall–Kier alpha value is -1.01. The quantitative estimate of drug-likeness (QED) is 0.615. The number of halogens is 1. The zero-order chi connectivity index (χ0) is 15.1. The van der Waals surface area contributed by atoms with E-state index < -0.39 is 10.0 Å². The minimum atomic E-state index is -3.47. The van der Waals surface area contributed by atoms with Gasteiger partial charge in [-0.05, 0) is 42.5 Å². The van der Waals surface area contributed by atoms with Crippen LogP contribution < -0.4 is 4.72 Å². The van der Waals surface area contributed by atoms with E-state index in [-0.39, 0.29) is 4.90 Å². The Morgan fingerprint density at radius 2 is 1.81 bits per heavy atom. The molecule has 0 saturated heterocycles. The maximum atomic E-state index is 12.0. The van der Waals surface area contributed by atoms with E-state index in [0.717, 1.165) is 12.2 Å². The van der Waals surface area contributed by atoms with Crippen LogP contribution in [0.15, 0.2) is 64.4 Å². The summed E-state index contributed by atoms with van der Waals surface area (Å²) in [6, 6.07) is 16.3. The summed E-state index contributed by atoms with van der Waals surface area (Å²) >= 11 is 7.52. The lowest BCUT2D eigenvalue weighted by Gasteiger charge is -2.07. The molecule has 1 N–H and O–H groups in total. The predicted octanol–water partition coefficient (Wildman–Crippen LogP) is 3.80. The lowest BCUT2D eigenvalue weighted by atomic mass is 10.4. The second-order valence-electron chi connectivity index (χ2n) is 4.37. The van der Waals surface area contributed by atoms with Crippen molar-refractivity contribution in [3.05, 3.63) is 59.6 Å². The van der Waals surface area contributed by atoms with Crippen molar-refractivity contribution >= 4 is 33.4 Å². The fourth-order valence-corrected chi connectivity index (χ4v) is 3.95. The topological polar surface area (TPSA) is 46.2 Å². The van der Waals surface area contributed by atoms with Crippen LogP contribution in [0.1, 0.15) is 6.42 Å². The Morgan fingerprint density at radius 3 is 2.52 bits per heavy atom. The van der Waals surface area contributed by atoms with Crippen LogP contribution in [0.2, 0.25) is 5.02 Å². The highest BCUT2D eigenvalue weighted by atomic mass is 35.5. The van der Waals surface area contributed by atoms with Crippen molar-refractivity contribution in [2.45, 2.75) is 16.2 Å². The van der Waals surface area contributed by atoms with Gasteiger partial charge >= 0.3 is 0 Å². The first-order valence-electron chi connectivity index (χ1n) is 6.51. The van der Waals surface area contributed by atoms with Gasteiger partial charge in [-0.15, -0.1) is 11.8 Å². The smallest absolute Gasteiger partial charge is 0.211 e. The third kappa shape index (κ3) is 5.36. The second-order valence-corrected chi connectivity index (χ2v) is 7.74. The molecule has 0 aliphatic rings. The van der Waals surface area contributed by atoms with E-state index in [4.69, 9.17) is 11.6 Å². The van der Waals surface area contributed by atoms with Crippen molar-refractivity contribution in [3.63, 3.8) is 0 Å².